The predicted molar refractivity (Wildman–Crippen MR) is 60.1 cm³/mol. The molecule has 3 rings (SSSR count). The standard InChI is InChI=1S/C12H9N3O/c16-11-4-2-1-3-9(11)10-5-7-13-12-6-8-14-15(10)12/h1-8,16H. The highest BCUT2D eigenvalue weighted by Gasteiger charge is 2.07. The maximum atomic E-state index is 9.80. The third-order valence-electron chi connectivity index (χ3n) is 2.47. The van der Waals surface area contributed by atoms with Crippen LogP contribution in [0.25, 0.3) is 16.9 Å². The Morgan fingerprint density at radius 3 is 2.75 bits per heavy atom. The molecule has 3 aromatic rings. The first kappa shape index (κ1) is 8.91. The van der Waals surface area contributed by atoms with E-state index in [0.717, 1.165) is 16.9 Å². The van der Waals surface area contributed by atoms with Crippen molar-refractivity contribution in [1.29, 1.82) is 0 Å². The second-order valence-corrected chi connectivity index (χ2v) is 3.45. The monoisotopic (exact) mass is 211 g/mol. The van der Waals surface area contributed by atoms with Crippen LogP contribution in [0.5, 0.6) is 5.75 Å². The van der Waals surface area contributed by atoms with E-state index < -0.39 is 0 Å². The van der Waals surface area contributed by atoms with Crippen molar-refractivity contribution in [2.75, 3.05) is 0 Å². The third kappa shape index (κ3) is 1.24. The van der Waals surface area contributed by atoms with Crippen molar-refractivity contribution in [2.24, 2.45) is 0 Å². The van der Waals surface area contributed by atoms with E-state index in [2.05, 4.69) is 10.1 Å². The van der Waals surface area contributed by atoms with Gasteiger partial charge in [0.1, 0.15) is 5.75 Å². The van der Waals surface area contributed by atoms with Crippen molar-refractivity contribution in [3.63, 3.8) is 0 Å². The fourth-order valence-corrected chi connectivity index (χ4v) is 1.73. The highest BCUT2D eigenvalue weighted by molar-refractivity contribution is 5.68. The maximum Gasteiger partial charge on any atom is 0.155 e. The quantitative estimate of drug-likeness (QED) is 0.670. The van der Waals surface area contributed by atoms with Crippen LogP contribution in [0.2, 0.25) is 0 Å². The topological polar surface area (TPSA) is 50.4 Å². The normalized spacial score (nSPS) is 10.8. The van der Waals surface area contributed by atoms with Gasteiger partial charge in [0.25, 0.3) is 0 Å². The van der Waals surface area contributed by atoms with Gasteiger partial charge in [-0.15, -0.1) is 0 Å². The van der Waals surface area contributed by atoms with Gasteiger partial charge < -0.3 is 5.11 Å². The van der Waals surface area contributed by atoms with Gasteiger partial charge in [0.15, 0.2) is 5.65 Å². The van der Waals surface area contributed by atoms with E-state index in [1.54, 1.807) is 29.0 Å². The van der Waals surface area contributed by atoms with Crippen molar-refractivity contribution in [3.05, 3.63) is 48.8 Å². The summed E-state index contributed by atoms with van der Waals surface area (Å²) in [5, 5.41) is 14.0. The third-order valence-corrected chi connectivity index (χ3v) is 2.47. The number of para-hydroxylation sites is 1. The fraction of sp³-hybridized carbons (Fsp3) is 0. The number of benzene rings is 1. The number of phenols is 1. The average molecular weight is 211 g/mol. The van der Waals surface area contributed by atoms with E-state index in [-0.39, 0.29) is 5.75 Å². The molecule has 0 amide bonds. The lowest BCUT2D eigenvalue weighted by Gasteiger charge is -2.05. The van der Waals surface area contributed by atoms with Gasteiger partial charge in [-0.2, -0.15) is 5.10 Å². The second kappa shape index (κ2) is 3.34. The minimum atomic E-state index is 0.241. The van der Waals surface area contributed by atoms with Crippen molar-refractivity contribution in [1.82, 2.24) is 14.6 Å². The zero-order valence-electron chi connectivity index (χ0n) is 8.41. The first-order chi connectivity index (χ1) is 7.86. The summed E-state index contributed by atoms with van der Waals surface area (Å²) in [6.45, 7) is 0. The summed E-state index contributed by atoms with van der Waals surface area (Å²) >= 11 is 0. The molecule has 0 radical (unpaired) electrons. The molecule has 2 heterocycles. The minimum Gasteiger partial charge on any atom is -0.507 e. The van der Waals surface area contributed by atoms with E-state index in [1.807, 2.05) is 24.3 Å². The Labute approximate surface area is 91.8 Å². The molecule has 0 fully saturated rings. The molecule has 1 aromatic carbocycles. The maximum absolute atomic E-state index is 9.80. The smallest absolute Gasteiger partial charge is 0.155 e. The molecule has 0 spiro atoms. The molecule has 0 saturated heterocycles. The molecule has 0 aliphatic heterocycles. The highest BCUT2D eigenvalue weighted by Crippen LogP contribution is 2.27. The summed E-state index contributed by atoms with van der Waals surface area (Å²) in [5.41, 5.74) is 2.34. The zero-order chi connectivity index (χ0) is 11.0. The molecular weight excluding hydrogens is 202 g/mol. The molecule has 0 bridgehead atoms. The zero-order valence-corrected chi connectivity index (χ0v) is 8.41. The molecule has 0 atom stereocenters. The van der Waals surface area contributed by atoms with Gasteiger partial charge in [-0.1, -0.05) is 12.1 Å². The van der Waals surface area contributed by atoms with E-state index >= 15 is 0 Å². The lowest BCUT2D eigenvalue weighted by Crippen LogP contribution is -1.95. The first-order valence-corrected chi connectivity index (χ1v) is 4.93. The van der Waals surface area contributed by atoms with E-state index in [1.165, 1.54) is 0 Å². The highest BCUT2D eigenvalue weighted by atomic mass is 16.3. The Morgan fingerprint density at radius 1 is 1.00 bits per heavy atom. The Morgan fingerprint density at radius 2 is 1.88 bits per heavy atom. The molecule has 0 aliphatic rings. The molecule has 1 N–H and O–H groups in total. The predicted octanol–water partition coefficient (Wildman–Crippen LogP) is 2.10. The van der Waals surface area contributed by atoms with Crippen LogP contribution in [0, 0.1) is 0 Å². The Hall–Kier alpha value is -2.36. The van der Waals surface area contributed by atoms with Crippen LogP contribution in [0.3, 0.4) is 0 Å². The van der Waals surface area contributed by atoms with Crippen molar-refractivity contribution in [3.8, 4) is 17.0 Å². The number of nitrogens with zero attached hydrogens (tertiary/aromatic N) is 3. The summed E-state index contributed by atoms with van der Waals surface area (Å²) in [6, 6.07) is 10.8. The minimum absolute atomic E-state index is 0.241. The number of aromatic nitrogens is 3. The van der Waals surface area contributed by atoms with Gasteiger partial charge in [0.2, 0.25) is 0 Å². The molecule has 0 saturated carbocycles. The van der Waals surface area contributed by atoms with Gasteiger partial charge >= 0.3 is 0 Å². The van der Waals surface area contributed by atoms with Crippen molar-refractivity contribution in [2.45, 2.75) is 0 Å². The summed E-state index contributed by atoms with van der Waals surface area (Å²) in [7, 11) is 0. The van der Waals surface area contributed by atoms with Crippen LogP contribution in [0.1, 0.15) is 0 Å². The van der Waals surface area contributed by atoms with Gasteiger partial charge in [0.05, 0.1) is 11.9 Å². The lowest BCUT2D eigenvalue weighted by molar-refractivity contribution is 0.477. The number of hydrogen-bond donors (Lipinski definition) is 1. The summed E-state index contributed by atoms with van der Waals surface area (Å²) in [6.07, 6.45) is 3.39. The van der Waals surface area contributed by atoms with Crippen molar-refractivity contribution < 1.29 is 5.11 Å². The van der Waals surface area contributed by atoms with Gasteiger partial charge in [-0.05, 0) is 18.2 Å². The summed E-state index contributed by atoms with van der Waals surface area (Å²) < 4.78 is 1.70. The van der Waals surface area contributed by atoms with Crippen LogP contribution in [-0.2, 0) is 0 Å². The number of rotatable bonds is 1. The average Bonchev–Trinajstić information content (AvgIpc) is 2.77. The molecule has 16 heavy (non-hydrogen) atoms. The summed E-state index contributed by atoms with van der Waals surface area (Å²) in [5.74, 6) is 0.241. The molecule has 0 unspecified atom stereocenters. The van der Waals surface area contributed by atoms with Gasteiger partial charge in [0, 0.05) is 17.8 Å². The van der Waals surface area contributed by atoms with E-state index in [0.29, 0.717) is 0 Å². The van der Waals surface area contributed by atoms with Gasteiger partial charge in [-0.3, -0.25) is 0 Å². The number of hydrogen-bond acceptors (Lipinski definition) is 3. The first-order valence-electron chi connectivity index (χ1n) is 4.93. The Bertz CT molecular complexity index is 645. The fourth-order valence-electron chi connectivity index (χ4n) is 1.73. The molecule has 4 nitrogen and oxygen atoms in total. The van der Waals surface area contributed by atoms with Gasteiger partial charge in [-0.25, -0.2) is 9.50 Å². The molecule has 2 aromatic heterocycles. The largest absolute Gasteiger partial charge is 0.507 e. The SMILES string of the molecule is Oc1ccccc1-c1ccnc2ccnn12. The second-order valence-electron chi connectivity index (χ2n) is 3.45. The Balaban J connectivity index is 2.34. The van der Waals surface area contributed by atoms with E-state index in [9.17, 15) is 5.11 Å². The van der Waals surface area contributed by atoms with Crippen LogP contribution in [-0.4, -0.2) is 19.7 Å². The Kier molecular flexibility index (Phi) is 1.86. The molecule has 78 valence electrons. The number of aromatic hydroxyl groups is 1. The van der Waals surface area contributed by atoms with Crippen LogP contribution in [0.15, 0.2) is 48.8 Å². The summed E-state index contributed by atoms with van der Waals surface area (Å²) in [4.78, 5) is 4.18. The molecular formula is C12H9N3O. The number of fused-ring (bicyclic) bond motifs is 1. The number of phenolic OH excluding ortho intramolecular Hbond substituents is 1. The molecule has 4 heteroatoms. The van der Waals surface area contributed by atoms with Crippen LogP contribution < -0.4 is 0 Å². The van der Waals surface area contributed by atoms with E-state index in [4.69, 9.17) is 0 Å². The van der Waals surface area contributed by atoms with Crippen LogP contribution >= 0.6 is 0 Å². The van der Waals surface area contributed by atoms with Crippen molar-refractivity contribution >= 4 is 5.65 Å². The lowest BCUT2D eigenvalue weighted by atomic mass is 10.1. The molecule has 0 aliphatic carbocycles. The van der Waals surface area contributed by atoms with Crippen LogP contribution in [0.4, 0.5) is 0 Å².